The van der Waals surface area contributed by atoms with Crippen molar-refractivity contribution in [1.82, 2.24) is 10.6 Å². The van der Waals surface area contributed by atoms with Gasteiger partial charge in [0.15, 0.2) is 0 Å². The Labute approximate surface area is 187 Å². The van der Waals surface area contributed by atoms with Gasteiger partial charge in [0.25, 0.3) is 0 Å². The van der Waals surface area contributed by atoms with Gasteiger partial charge in [0.1, 0.15) is 6.04 Å². The molecule has 3 amide bonds. The summed E-state index contributed by atoms with van der Waals surface area (Å²) in [5.41, 5.74) is 5.19. The Balaban J connectivity index is 4.02. The SMILES string of the molecule is CCCCCCCCCCCCCC(=O)NC(CC(N)=O)C(=O)NCCC(C)C(=O)O. The predicted molar refractivity (Wildman–Crippen MR) is 121 cm³/mol. The van der Waals surface area contributed by atoms with E-state index in [9.17, 15) is 19.2 Å². The van der Waals surface area contributed by atoms with Crippen LogP contribution in [0.2, 0.25) is 0 Å². The van der Waals surface area contributed by atoms with Crippen molar-refractivity contribution in [3.05, 3.63) is 0 Å². The number of hydrogen-bond donors (Lipinski definition) is 4. The summed E-state index contributed by atoms with van der Waals surface area (Å²) in [7, 11) is 0. The number of rotatable bonds is 20. The van der Waals surface area contributed by atoms with Gasteiger partial charge in [-0.15, -0.1) is 0 Å². The minimum Gasteiger partial charge on any atom is -0.481 e. The summed E-state index contributed by atoms with van der Waals surface area (Å²) in [5, 5.41) is 14.0. The molecule has 0 spiro atoms. The molecule has 2 atom stereocenters. The summed E-state index contributed by atoms with van der Waals surface area (Å²) < 4.78 is 0. The van der Waals surface area contributed by atoms with E-state index in [1.807, 2.05) is 0 Å². The first-order valence-electron chi connectivity index (χ1n) is 11.9. The molecular formula is C23H43N3O5. The highest BCUT2D eigenvalue weighted by Gasteiger charge is 2.23. The Kier molecular flexibility index (Phi) is 17.4. The molecule has 8 heteroatoms. The Morgan fingerprint density at radius 3 is 1.87 bits per heavy atom. The lowest BCUT2D eigenvalue weighted by Crippen LogP contribution is -2.48. The molecule has 0 aromatic rings. The van der Waals surface area contributed by atoms with Gasteiger partial charge in [-0.25, -0.2) is 0 Å². The minimum absolute atomic E-state index is 0.149. The smallest absolute Gasteiger partial charge is 0.306 e. The van der Waals surface area contributed by atoms with Gasteiger partial charge in [0, 0.05) is 13.0 Å². The number of aliphatic carboxylic acids is 1. The highest BCUT2D eigenvalue weighted by Crippen LogP contribution is 2.12. The van der Waals surface area contributed by atoms with E-state index < -0.39 is 29.7 Å². The second kappa shape index (κ2) is 18.6. The minimum atomic E-state index is -1.03. The van der Waals surface area contributed by atoms with E-state index in [0.29, 0.717) is 6.42 Å². The summed E-state index contributed by atoms with van der Waals surface area (Å²) in [6.45, 7) is 3.92. The summed E-state index contributed by atoms with van der Waals surface area (Å²) in [4.78, 5) is 46.4. The molecule has 0 radical (unpaired) electrons. The molecule has 5 N–H and O–H groups in total. The fraction of sp³-hybridized carbons (Fsp3) is 0.826. The van der Waals surface area contributed by atoms with Gasteiger partial charge in [0.05, 0.1) is 12.3 Å². The lowest BCUT2D eigenvalue weighted by molar-refractivity contribution is -0.141. The quantitative estimate of drug-likeness (QED) is 0.215. The van der Waals surface area contributed by atoms with Crippen molar-refractivity contribution in [2.45, 2.75) is 110 Å². The van der Waals surface area contributed by atoms with Crippen molar-refractivity contribution in [2.75, 3.05) is 6.54 Å². The molecule has 0 rings (SSSR count). The van der Waals surface area contributed by atoms with E-state index >= 15 is 0 Å². The fourth-order valence-electron chi connectivity index (χ4n) is 3.29. The largest absolute Gasteiger partial charge is 0.481 e. The van der Waals surface area contributed by atoms with E-state index in [1.165, 1.54) is 51.4 Å². The van der Waals surface area contributed by atoms with Crippen LogP contribution in [0, 0.1) is 5.92 Å². The number of carbonyl (C=O) groups excluding carboxylic acids is 3. The molecular weight excluding hydrogens is 398 g/mol. The van der Waals surface area contributed by atoms with Gasteiger partial charge in [-0.3, -0.25) is 19.2 Å². The molecule has 0 fully saturated rings. The summed E-state index contributed by atoms with van der Waals surface area (Å²) in [6.07, 6.45) is 13.3. The first kappa shape index (κ1) is 28.9. The van der Waals surface area contributed by atoms with Gasteiger partial charge >= 0.3 is 5.97 Å². The molecule has 2 unspecified atom stereocenters. The van der Waals surface area contributed by atoms with Crippen molar-refractivity contribution in [3.8, 4) is 0 Å². The van der Waals surface area contributed by atoms with E-state index in [1.54, 1.807) is 6.92 Å². The van der Waals surface area contributed by atoms with Gasteiger partial charge in [-0.05, 0) is 12.8 Å². The molecule has 0 saturated carbocycles. The van der Waals surface area contributed by atoms with Crippen LogP contribution in [0.3, 0.4) is 0 Å². The van der Waals surface area contributed by atoms with Crippen molar-refractivity contribution >= 4 is 23.7 Å². The summed E-state index contributed by atoms with van der Waals surface area (Å²) >= 11 is 0. The van der Waals surface area contributed by atoms with Crippen molar-refractivity contribution in [3.63, 3.8) is 0 Å². The lowest BCUT2D eigenvalue weighted by atomic mass is 10.0. The second-order valence-electron chi connectivity index (χ2n) is 8.40. The highest BCUT2D eigenvalue weighted by atomic mass is 16.4. The van der Waals surface area contributed by atoms with E-state index in [-0.39, 0.29) is 25.3 Å². The topological polar surface area (TPSA) is 139 Å². The predicted octanol–water partition coefficient (Wildman–Crippen LogP) is 3.27. The molecule has 0 aliphatic rings. The number of nitrogens with one attached hydrogen (secondary N) is 2. The number of hydrogen-bond acceptors (Lipinski definition) is 4. The maximum Gasteiger partial charge on any atom is 0.306 e. The first-order chi connectivity index (χ1) is 14.8. The number of carboxylic acid groups (broad SMARTS) is 1. The van der Waals surface area contributed by atoms with Crippen molar-refractivity contribution < 1.29 is 24.3 Å². The molecule has 31 heavy (non-hydrogen) atoms. The molecule has 8 nitrogen and oxygen atoms in total. The summed E-state index contributed by atoms with van der Waals surface area (Å²) in [5.74, 6) is -3.03. The molecule has 0 aromatic heterocycles. The Morgan fingerprint density at radius 1 is 0.871 bits per heavy atom. The summed E-state index contributed by atoms with van der Waals surface area (Å²) in [6, 6.07) is -1.03. The zero-order valence-corrected chi connectivity index (χ0v) is 19.4. The van der Waals surface area contributed by atoms with Crippen LogP contribution in [0.1, 0.15) is 104 Å². The van der Waals surface area contributed by atoms with Gasteiger partial charge in [0.2, 0.25) is 17.7 Å². The molecule has 0 bridgehead atoms. The number of carboxylic acids is 1. The second-order valence-corrected chi connectivity index (χ2v) is 8.40. The Morgan fingerprint density at radius 2 is 1.39 bits per heavy atom. The fourth-order valence-corrected chi connectivity index (χ4v) is 3.29. The number of primary amides is 1. The maximum absolute atomic E-state index is 12.2. The van der Waals surface area contributed by atoms with Crippen LogP contribution in [0.4, 0.5) is 0 Å². The van der Waals surface area contributed by atoms with Gasteiger partial charge < -0.3 is 21.5 Å². The third-order valence-electron chi connectivity index (χ3n) is 5.36. The van der Waals surface area contributed by atoms with Crippen LogP contribution in [-0.4, -0.2) is 41.4 Å². The van der Waals surface area contributed by atoms with Gasteiger partial charge in [-0.2, -0.15) is 0 Å². The van der Waals surface area contributed by atoms with Crippen LogP contribution in [0.15, 0.2) is 0 Å². The molecule has 0 aliphatic carbocycles. The van der Waals surface area contributed by atoms with Crippen molar-refractivity contribution in [2.24, 2.45) is 11.7 Å². The first-order valence-corrected chi connectivity index (χ1v) is 11.9. The number of unbranched alkanes of at least 4 members (excludes halogenated alkanes) is 10. The Bertz CT molecular complexity index is 539. The molecule has 180 valence electrons. The van der Waals surface area contributed by atoms with E-state index in [0.717, 1.165) is 19.3 Å². The zero-order valence-electron chi connectivity index (χ0n) is 19.4. The standard InChI is InChI=1S/C23H43N3O5/c1-3-4-5-6-7-8-9-10-11-12-13-14-21(28)26-19(17-20(24)27)22(29)25-16-15-18(2)23(30)31/h18-19H,3-17H2,1-2H3,(H2,24,27)(H,25,29)(H,26,28)(H,30,31). The highest BCUT2D eigenvalue weighted by molar-refractivity contribution is 5.91. The van der Waals surface area contributed by atoms with Gasteiger partial charge in [-0.1, -0.05) is 78.1 Å². The lowest BCUT2D eigenvalue weighted by Gasteiger charge is -2.17. The van der Waals surface area contributed by atoms with Crippen molar-refractivity contribution in [1.29, 1.82) is 0 Å². The monoisotopic (exact) mass is 441 g/mol. The number of carbonyl (C=O) groups is 4. The molecule has 0 aliphatic heterocycles. The van der Waals surface area contributed by atoms with Crippen LogP contribution in [0.25, 0.3) is 0 Å². The zero-order chi connectivity index (χ0) is 23.5. The average molecular weight is 442 g/mol. The number of amides is 3. The van der Waals surface area contributed by atoms with Crippen LogP contribution >= 0.6 is 0 Å². The van der Waals surface area contributed by atoms with E-state index in [2.05, 4.69) is 17.6 Å². The third kappa shape index (κ3) is 17.3. The number of nitrogens with two attached hydrogens (primary N) is 1. The normalized spacial score (nSPS) is 12.7. The van der Waals surface area contributed by atoms with Crippen LogP contribution < -0.4 is 16.4 Å². The Hall–Kier alpha value is -2.12. The molecule has 0 heterocycles. The average Bonchev–Trinajstić information content (AvgIpc) is 2.70. The van der Waals surface area contributed by atoms with Crippen LogP contribution in [0.5, 0.6) is 0 Å². The molecule has 0 saturated heterocycles. The molecule has 0 aromatic carbocycles. The van der Waals surface area contributed by atoms with Crippen LogP contribution in [-0.2, 0) is 19.2 Å². The third-order valence-corrected chi connectivity index (χ3v) is 5.36. The maximum atomic E-state index is 12.2. The van der Waals surface area contributed by atoms with E-state index in [4.69, 9.17) is 10.8 Å².